The van der Waals surface area contributed by atoms with Crippen molar-refractivity contribution >= 4 is 39.8 Å². The minimum Gasteiger partial charge on any atom is -0.493 e. The molecule has 7 nitrogen and oxygen atoms in total. The number of hydrogen-bond donors (Lipinski definition) is 2. The summed E-state index contributed by atoms with van der Waals surface area (Å²) in [6.07, 6.45) is 0.759. The number of nitrogens with zero attached hydrogens (tertiary/aromatic N) is 1. The summed E-state index contributed by atoms with van der Waals surface area (Å²) in [6, 6.07) is 20.0. The third-order valence-electron chi connectivity index (χ3n) is 7.60. The maximum absolute atomic E-state index is 13.7. The van der Waals surface area contributed by atoms with Crippen molar-refractivity contribution < 1.29 is 23.4 Å². The van der Waals surface area contributed by atoms with Crippen molar-refractivity contribution in [2.24, 2.45) is 0 Å². The predicted molar refractivity (Wildman–Crippen MR) is 156 cm³/mol. The number of benzene rings is 4. The lowest BCUT2D eigenvalue weighted by Gasteiger charge is -2.37. The van der Waals surface area contributed by atoms with Crippen LogP contribution in [0.25, 0.3) is 10.8 Å². The first-order valence-corrected chi connectivity index (χ1v) is 13.9. The Morgan fingerprint density at radius 3 is 2.67 bits per heavy atom. The molecule has 0 bridgehead atoms. The van der Waals surface area contributed by atoms with Gasteiger partial charge in [-0.3, -0.25) is 4.79 Å². The highest BCUT2D eigenvalue weighted by Gasteiger charge is 2.36. The third-order valence-corrected chi connectivity index (χ3v) is 8.84. The zero-order valence-electron chi connectivity index (χ0n) is 22.7. The van der Waals surface area contributed by atoms with E-state index in [4.69, 9.17) is 14.2 Å². The molecule has 1 amide bonds. The Hall–Kier alpha value is -4.11. The van der Waals surface area contributed by atoms with Gasteiger partial charge in [-0.15, -0.1) is 0 Å². The molecule has 4 aromatic carbocycles. The fourth-order valence-electron chi connectivity index (χ4n) is 5.44. The molecule has 0 saturated heterocycles. The predicted octanol–water partition coefficient (Wildman–Crippen LogP) is 6.36. The van der Waals surface area contributed by atoms with Crippen LogP contribution >= 0.6 is 11.8 Å². The number of methoxy groups -OCH3 is 2. The van der Waals surface area contributed by atoms with Crippen LogP contribution in [0.4, 0.5) is 15.8 Å². The lowest BCUT2D eigenvalue weighted by Crippen LogP contribution is -2.41. The summed E-state index contributed by atoms with van der Waals surface area (Å²) < 4.78 is 31.4. The van der Waals surface area contributed by atoms with Crippen molar-refractivity contribution in [3.63, 3.8) is 0 Å². The van der Waals surface area contributed by atoms with Gasteiger partial charge >= 0.3 is 0 Å². The van der Waals surface area contributed by atoms with Gasteiger partial charge in [0.1, 0.15) is 17.2 Å². The molecule has 0 aliphatic carbocycles. The highest BCUT2D eigenvalue weighted by Crippen LogP contribution is 2.45. The number of halogens is 1. The van der Waals surface area contributed by atoms with Gasteiger partial charge in [0.25, 0.3) is 5.91 Å². The molecule has 0 aromatic heterocycles. The van der Waals surface area contributed by atoms with E-state index in [1.807, 2.05) is 60.5 Å². The van der Waals surface area contributed by atoms with Gasteiger partial charge in [0.2, 0.25) is 0 Å². The minimum absolute atomic E-state index is 0.197. The molecule has 2 aliphatic heterocycles. The summed E-state index contributed by atoms with van der Waals surface area (Å²) >= 11 is 1.42. The van der Waals surface area contributed by atoms with Crippen molar-refractivity contribution in [2.75, 3.05) is 38.0 Å². The Kier molecular flexibility index (Phi) is 6.62. The van der Waals surface area contributed by atoms with E-state index in [1.54, 1.807) is 20.3 Å². The van der Waals surface area contributed by atoms with E-state index in [2.05, 4.69) is 17.6 Å². The molecule has 4 aromatic rings. The van der Waals surface area contributed by atoms with E-state index in [0.29, 0.717) is 22.8 Å². The van der Waals surface area contributed by atoms with Crippen molar-refractivity contribution in [3.8, 4) is 17.2 Å². The van der Waals surface area contributed by atoms with Crippen molar-refractivity contribution in [1.82, 2.24) is 5.32 Å². The maximum Gasteiger partial charge on any atom is 0.254 e. The van der Waals surface area contributed by atoms with Gasteiger partial charge in [-0.1, -0.05) is 23.9 Å². The number of ether oxygens (including phenoxy) is 3. The number of rotatable bonds is 6. The highest BCUT2D eigenvalue weighted by molar-refractivity contribution is 8.00. The van der Waals surface area contributed by atoms with Crippen LogP contribution in [0.3, 0.4) is 0 Å². The molecule has 0 spiro atoms. The van der Waals surface area contributed by atoms with Gasteiger partial charge in [0.15, 0.2) is 17.0 Å². The normalized spacial score (nSPS) is 19.4. The Balaban J connectivity index is 1.25. The zero-order valence-corrected chi connectivity index (χ0v) is 23.5. The molecule has 206 valence electrons. The molecular formula is C31H30FN3O4S. The van der Waals surface area contributed by atoms with Gasteiger partial charge in [-0.25, -0.2) is 4.39 Å². The van der Waals surface area contributed by atoms with Crippen molar-refractivity contribution in [2.45, 2.75) is 29.3 Å². The summed E-state index contributed by atoms with van der Waals surface area (Å²) in [5.41, 5.74) is 2.46. The molecule has 40 heavy (non-hydrogen) atoms. The monoisotopic (exact) mass is 559 g/mol. The first kappa shape index (κ1) is 26.1. The first-order chi connectivity index (χ1) is 19.3. The van der Waals surface area contributed by atoms with E-state index < -0.39 is 5.60 Å². The van der Waals surface area contributed by atoms with Crippen LogP contribution in [0.15, 0.2) is 71.6 Å². The molecule has 2 aliphatic rings. The van der Waals surface area contributed by atoms with Gasteiger partial charge in [-0.2, -0.15) is 0 Å². The zero-order chi connectivity index (χ0) is 28.0. The topological polar surface area (TPSA) is 72.1 Å². The lowest BCUT2D eigenvalue weighted by atomic mass is 9.87. The van der Waals surface area contributed by atoms with Gasteiger partial charge in [0.05, 0.1) is 19.9 Å². The SMILES string of the molecule is COc1cc2c(cc1OC)C(C)(Oc1ccc3c(C(=O)NC4Sc5cc(F)ccc5N4C)cccc3c1)CCN2. The van der Waals surface area contributed by atoms with Crippen molar-refractivity contribution in [1.29, 1.82) is 0 Å². The molecule has 6 rings (SSSR count). The highest BCUT2D eigenvalue weighted by atomic mass is 32.2. The molecule has 2 heterocycles. The Labute approximate surface area is 236 Å². The van der Waals surface area contributed by atoms with E-state index in [1.165, 1.54) is 23.9 Å². The number of fused-ring (bicyclic) bond motifs is 3. The number of hydrogen-bond acceptors (Lipinski definition) is 7. The first-order valence-electron chi connectivity index (χ1n) is 13.0. The molecule has 0 fully saturated rings. The van der Waals surface area contributed by atoms with Crippen LogP contribution < -0.4 is 29.7 Å². The standard InChI is InChI=1S/C31H30FN3O4S/c1-31(12-13-33-24-17-27(38-4)26(37-3)16-23(24)31)39-20-9-10-21-18(14-20)6-5-7-22(21)29(36)34-30-35(2)25-11-8-19(32)15-28(25)40-30/h5-11,14-17,30,33H,12-13H2,1-4H3,(H,34,36). The summed E-state index contributed by atoms with van der Waals surface area (Å²) in [7, 11) is 5.13. The van der Waals surface area contributed by atoms with E-state index in [-0.39, 0.29) is 17.2 Å². The summed E-state index contributed by atoms with van der Waals surface area (Å²) in [5, 5.41) is 8.24. The van der Waals surface area contributed by atoms with Crippen LogP contribution in [-0.4, -0.2) is 39.2 Å². The van der Waals surface area contributed by atoms with Gasteiger partial charge in [-0.05, 0) is 66.2 Å². The Bertz CT molecular complexity index is 1630. The van der Waals surface area contributed by atoms with Gasteiger partial charge in [0, 0.05) is 47.8 Å². The average Bonchev–Trinajstić information content (AvgIpc) is 3.25. The van der Waals surface area contributed by atoms with E-state index in [0.717, 1.165) is 45.6 Å². The van der Waals surface area contributed by atoms with Crippen LogP contribution in [-0.2, 0) is 5.60 Å². The third kappa shape index (κ3) is 4.54. The number of carbonyl (C=O) groups is 1. The van der Waals surface area contributed by atoms with Crippen LogP contribution in [0, 0.1) is 5.82 Å². The smallest absolute Gasteiger partial charge is 0.254 e. The second kappa shape index (κ2) is 10.1. The molecular weight excluding hydrogens is 529 g/mol. The fraction of sp³-hybridized carbons (Fsp3) is 0.258. The number of thioether (sulfide) groups is 1. The Morgan fingerprint density at radius 1 is 1.07 bits per heavy atom. The largest absolute Gasteiger partial charge is 0.493 e. The van der Waals surface area contributed by atoms with Crippen molar-refractivity contribution in [3.05, 3.63) is 83.7 Å². The second-order valence-corrected chi connectivity index (χ2v) is 11.2. The number of nitrogens with one attached hydrogen (secondary N) is 2. The number of carbonyl (C=O) groups excluding carboxylic acids is 1. The number of anilines is 2. The quantitative estimate of drug-likeness (QED) is 0.285. The summed E-state index contributed by atoms with van der Waals surface area (Å²) in [5.74, 6) is 1.52. The summed E-state index contributed by atoms with van der Waals surface area (Å²) in [4.78, 5) is 16.1. The van der Waals surface area contributed by atoms with E-state index >= 15 is 0 Å². The maximum atomic E-state index is 13.7. The molecule has 2 N–H and O–H groups in total. The fourth-order valence-corrected chi connectivity index (χ4v) is 6.63. The molecule has 0 saturated carbocycles. The molecule has 2 atom stereocenters. The lowest BCUT2D eigenvalue weighted by molar-refractivity contribution is 0.0778. The molecule has 9 heteroatoms. The van der Waals surface area contributed by atoms with Crippen LogP contribution in [0.1, 0.15) is 29.3 Å². The van der Waals surface area contributed by atoms with Crippen LogP contribution in [0.5, 0.6) is 17.2 Å². The van der Waals surface area contributed by atoms with E-state index in [9.17, 15) is 9.18 Å². The van der Waals surface area contributed by atoms with Gasteiger partial charge < -0.3 is 29.7 Å². The van der Waals surface area contributed by atoms with Crippen LogP contribution in [0.2, 0.25) is 0 Å². The number of amides is 1. The molecule has 2 unspecified atom stereocenters. The second-order valence-electron chi connectivity index (χ2n) is 10.1. The minimum atomic E-state index is -0.596. The molecule has 0 radical (unpaired) electrons. The average molecular weight is 560 g/mol. The summed E-state index contributed by atoms with van der Waals surface area (Å²) in [6.45, 7) is 2.83. The Morgan fingerprint density at radius 2 is 1.88 bits per heavy atom.